The third-order valence-electron chi connectivity index (χ3n) is 4.79. The number of nitrogens with one attached hydrogen (secondary N) is 1. The van der Waals surface area contributed by atoms with Crippen molar-refractivity contribution in [2.75, 3.05) is 13.1 Å². The Balaban J connectivity index is 2.24. The molecular weight excluding hydrogens is 372 g/mol. The molecule has 1 atom stereocenters. The van der Waals surface area contributed by atoms with Crippen molar-refractivity contribution in [2.24, 2.45) is 5.92 Å². The maximum atomic E-state index is 13.2. The third kappa shape index (κ3) is 9.00. The van der Waals surface area contributed by atoms with Gasteiger partial charge in [0, 0.05) is 12.6 Å². The minimum Gasteiger partial charge on any atom is -0.444 e. The predicted octanol–water partition coefficient (Wildman–Crippen LogP) is 5.67. The van der Waals surface area contributed by atoms with Gasteiger partial charge in [-0.05, 0) is 63.7 Å². The highest BCUT2D eigenvalue weighted by atomic mass is 16.6. The number of hydrogen-bond acceptors (Lipinski definition) is 3. The molecule has 0 radical (unpaired) electrons. The van der Waals surface area contributed by atoms with Crippen LogP contribution in [0, 0.1) is 5.92 Å². The fraction of sp³-hybridized carbons (Fsp3) is 0.500. The largest absolute Gasteiger partial charge is 0.444 e. The Hall–Kier alpha value is -2.33. The van der Waals surface area contributed by atoms with Gasteiger partial charge in [0.05, 0.1) is 0 Å². The second-order valence-electron chi connectivity index (χ2n) is 9.32. The molecule has 2 aromatic rings. The Morgan fingerprint density at radius 1 is 0.967 bits per heavy atom. The first kappa shape index (κ1) is 23.9. The molecule has 0 spiro atoms. The molecule has 2 rings (SSSR count). The first-order chi connectivity index (χ1) is 14.2. The lowest BCUT2D eigenvalue weighted by Gasteiger charge is -2.34. The lowest BCUT2D eigenvalue weighted by molar-refractivity contribution is 0.0130. The van der Waals surface area contributed by atoms with Crippen LogP contribution in [0.4, 0.5) is 4.79 Å². The van der Waals surface area contributed by atoms with Crippen LogP contribution >= 0.6 is 0 Å². The zero-order valence-electron chi connectivity index (χ0n) is 19.2. The van der Waals surface area contributed by atoms with Gasteiger partial charge in [-0.3, -0.25) is 0 Å². The van der Waals surface area contributed by atoms with Crippen LogP contribution in [0.3, 0.4) is 0 Å². The van der Waals surface area contributed by atoms with Crippen LogP contribution < -0.4 is 5.32 Å². The highest BCUT2D eigenvalue weighted by Gasteiger charge is 2.28. The van der Waals surface area contributed by atoms with E-state index < -0.39 is 5.60 Å². The lowest BCUT2D eigenvalue weighted by Crippen LogP contribution is -2.45. The first-order valence-electron chi connectivity index (χ1n) is 11.0. The normalized spacial score (nSPS) is 12.6. The second kappa shape index (κ2) is 11.8. The number of benzene rings is 2. The molecule has 0 aromatic heterocycles. The molecule has 0 unspecified atom stereocenters. The van der Waals surface area contributed by atoms with Crippen LogP contribution in [0.1, 0.15) is 52.2 Å². The van der Waals surface area contributed by atoms with E-state index in [9.17, 15) is 4.79 Å². The summed E-state index contributed by atoms with van der Waals surface area (Å²) < 4.78 is 5.80. The van der Waals surface area contributed by atoms with Crippen LogP contribution in [0.15, 0.2) is 60.7 Å². The maximum Gasteiger partial charge on any atom is 0.410 e. The summed E-state index contributed by atoms with van der Waals surface area (Å²) in [5.74, 6) is 0.601. The average Bonchev–Trinajstić information content (AvgIpc) is 2.68. The molecule has 1 N–H and O–H groups in total. The Labute approximate surface area is 182 Å². The van der Waals surface area contributed by atoms with E-state index in [1.165, 1.54) is 5.56 Å². The van der Waals surface area contributed by atoms with Gasteiger partial charge in [-0.2, -0.15) is 0 Å². The molecule has 30 heavy (non-hydrogen) atoms. The SMILES string of the molecule is CC(C)CNCC[C@H](Cc1ccccc1)N(Cc1ccccc1)C(=O)OC(C)(C)C. The Kier molecular flexibility index (Phi) is 9.38. The van der Waals surface area contributed by atoms with Gasteiger partial charge in [-0.15, -0.1) is 0 Å². The van der Waals surface area contributed by atoms with Crippen molar-refractivity contribution in [2.45, 2.75) is 65.6 Å². The van der Waals surface area contributed by atoms with E-state index in [4.69, 9.17) is 4.74 Å². The van der Waals surface area contributed by atoms with E-state index in [2.05, 4.69) is 55.6 Å². The molecule has 4 nitrogen and oxygen atoms in total. The van der Waals surface area contributed by atoms with Crippen LogP contribution in [0.2, 0.25) is 0 Å². The molecule has 0 heterocycles. The number of carbonyl (C=O) groups excluding carboxylic acids is 1. The highest BCUT2D eigenvalue weighted by molar-refractivity contribution is 5.68. The van der Waals surface area contributed by atoms with Gasteiger partial charge in [0.2, 0.25) is 0 Å². The Morgan fingerprint density at radius 3 is 2.07 bits per heavy atom. The highest BCUT2D eigenvalue weighted by Crippen LogP contribution is 2.20. The summed E-state index contributed by atoms with van der Waals surface area (Å²) in [7, 11) is 0. The monoisotopic (exact) mass is 410 g/mol. The quantitative estimate of drug-likeness (QED) is 0.513. The van der Waals surface area contributed by atoms with Gasteiger partial charge in [-0.25, -0.2) is 4.79 Å². The predicted molar refractivity (Wildman–Crippen MR) is 124 cm³/mol. The van der Waals surface area contributed by atoms with Crippen LogP contribution in [0.5, 0.6) is 0 Å². The molecule has 0 saturated heterocycles. The summed E-state index contributed by atoms with van der Waals surface area (Å²) in [4.78, 5) is 15.1. The average molecular weight is 411 g/mol. The molecule has 1 amide bonds. The van der Waals surface area contributed by atoms with Crippen molar-refractivity contribution in [1.82, 2.24) is 10.2 Å². The lowest BCUT2D eigenvalue weighted by atomic mass is 10.0. The van der Waals surface area contributed by atoms with E-state index in [1.807, 2.05) is 49.9 Å². The third-order valence-corrected chi connectivity index (χ3v) is 4.79. The molecular formula is C26H38N2O2. The number of rotatable bonds is 10. The number of hydrogen-bond donors (Lipinski definition) is 1. The molecule has 2 aromatic carbocycles. The molecule has 0 bridgehead atoms. The van der Waals surface area contributed by atoms with Gasteiger partial charge in [0.25, 0.3) is 0 Å². The number of ether oxygens (including phenoxy) is 1. The minimum atomic E-state index is -0.529. The van der Waals surface area contributed by atoms with Crippen molar-refractivity contribution >= 4 is 6.09 Å². The summed E-state index contributed by atoms with van der Waals surface area (Å²) in [5, 5.41) is 3.53. The van der Waals surface area contributed by atoms with Crippen molar-refractivity contribution in [3.63, 3.8) is 0 Å². The number of nitrogens with zero attached hydrogens (tertiary/aromatic N) is 1. The summed E-state index contributed by atoms with van der Waals surface area (Å²) in [6.45, 7) is 12.5. The smallest absolute Gasteiger partial charge is 0.410 e. The van der Waals surface area contributed by atoms with Gasteiger partial charge in [-0.1, -0.05) is 74.5 Å². The summed E-state index contributed by atoms with van der Waals surface area (Å²) >= 11 is 0. The summed E-state index contributed by atoms with van der Waals surface area (Å²) in [5.41, 5.74) is 1.81. The molecule has 0 aliphatic carbocycles. The maximum absolute atomic E-state index is 13.2. The minimum absolute atomic E-state index is 0.0436. The molecule has 0 fully saturated rings. The first-order valence-corrected chi connectivity index (χ1v) is 11.0. The standard InChI is InChI=1S/C26H38N2O2/c1-21(2)19-27-17-16-24(18-22-12-8-6-9-13-22)28(25(29)30-26(3,4)5)20-23-14-10-7-11-15-23/h6-15,21,24,27H,16-20H2,1-5H3/t24-/m1/s1. The molecule has 0 saturated carbocycles. The Bertz CT molecular complexity index is 739. The van der Waals surface area contributed by atoms with Crippen molar-refractivity contribution in [3.8, 4) is 0 Å². The summed E-state index contributed by atoms with van der Waals surface area (Å²) in [6, 6.07) is 20.6. The van der Waals surface area contributed by atoms with Gasteiger partial charge in [0.15, 0.2) is 0 Å². The van der Waals surface area contributed by atoms with Crippen molar-refractivity contribution < 1.29 is 9.53 Å². The molecule has 164 valence electrons. The van der Waals surface area contributed by atoms with Crippen molar-refractivity contribution in [3.05, 3.63) is 71.8 Å². The second-order valence-corrected chi connectivity index (χ2v) is 9.32. The van der Waals surface area contributed by atoms with Crippen LogP contribution in [-0.4, -0.2) is 35.7 Å². The fourth-order valence-electron chi connectivity index (χ4n) is 3.36. The van der Waals surface area contributed by atoms with E-state index in [0.717, 1.165) is 31.5 Å². The van der Waals surface area contributed by atoms with Crippen molar-refractivity contribution in [1.29, 1.82) is 0 Å². The van der Waals surface area contributed by atoms with Gasteiger partial charge < -0.3 is 15.0 Å². The van der Waals surface area contributed by atoms with E-state index in [0.29, 0.717) is 12.5 Å². The molecule has 0 aliphatic rings. The molecule has 0 aliphatic heterocycles. The fourth-order valence-corrected chi connectivity index (χ4v) is 3.36. The Morgan fingerprint density at radius 2 is 1.53 bits per heavy atom. The van der Waals surface area contributed by atoms with Gasteiger partial charge >= 0.3 is 6.09 Å². The van der Waals surface area contributed by atoms with Crippen LogP contribution in [0.25, 0.3) is 0 Å². The zero-order valence-corrected chi connectivity index (χ0v) is 19.2. The van der Waals surface area contributed by atoms with Crippen LogP contribution in [-0.2, 0) is 17.7 Å². The van der Waals surface area contributed by atoms with E-state index in [-0.39, 0.29) is 12.1 Å². The number of amides is 1. The van der Waals surface area contributed by atoms with E-state index >= 15 is 0 Å². The van der Waals surface area contributed by atoms with Gasteiger partial charge in [0.1, 0.15) is 5.60 Å². The zero-order chi connectivity index (χ0) is 22.0. The van der Waals surface area contributed by atoms with E-state index in [1.54, 1.807) is 0 Å². The topological polar surface area (TPSA) is 41.6 Å². The summed E-state index contributed by atoms with van der Waals surface area (Å²) in [6.07, 6.45) is 1.42. The number of carbonyl (C=O) groups is 1. The molecule has 4 heteroatoms.